The predicted octanol–water partition coefficient (Wildman–Crippen LogP) is 0.965. The summed E-state index contributed by atoms with van der Waals surface area (Å²) in [6.07, 6.45) is 2.03. The Morgan fingerprint density at radius 2 is 2.25 bits per heavy atom. The van der Waals surface area contributed by atoms with Crippen molar-refractivity contribution >= 4 is 17.7 Å². The van der Waals surface area contributed by atoms with Crippen molar-refractivity contribution < 1.29 is 15.0 Å². The maximum atomic E-state index is 10.9. The highest BCUT2D eigenvalue weighted by Crippen LogP contribution is 2.47. The van der Waals surface area contributed by atoms with Crippen LogP contribution in [-0.2, 0) is 4.79 Å². The van der Waals surface area contributed by atoms with Crippen LogP contribution in [0.5, 0.6) is 0 Å². The third kappa shape index (κ3) is 1.93. The van der Waals surface area contributed by atoms with Crippen LogP contribution < -0.4 is 0 Å². The van der Waals surface area contributed by atoms with Crippen LogP contribution in [0.1, 0.15) is 19.8 Å². The van der Waals surface area contributed by atoms with Gasteiger partial charge in [0.15, 0.2) is 0 Å². The molecule has 1 fully saturated rings. The van der Waals surface area contributed by atoms with E-state index in [0.717, 1.165) is 12.8 Å². The fourth-order valence-corrected chi connectivity index (χ4v) is 2.36. The number of hydrogen-bond donors (Lipinski definition) is 2. The lowest BCUT2D eigenvalue weighted by Gasteiger charge is -2.23. The van der Waals surface area contributed by atoms with Crippen LogP contribution in [0.25, 0.3) is 0 Å². The third-order valence-corrected chi connectivity index (χ3v) is 3.77. The van der Waals surface area contributed by atoms with Gasteiger partial charge in [0.25, 0.3) is 0 Å². The standard InChI is InChI=1S/C8H14O3S/c1-8(7(10)11,6-2-3-6)12-5-4-9/h6,9H,2-5H2,1H3,(H,10,11). The number of aliphatic hydroxyl groups excluding tert-OH is 1. The van der Waals surface area contributed by atoms with Gasteiger partial charge in [0, 0.05) is 5.75 Å². The fraction of sp³-hybridized carbons (Fsp3) is 0.875. The fourth-order valence-electron chi connectivity index (χ4n) is 1.25. The first-order valence-electron chi connectivity index (χ1n) is 4.09. The second-order valence-electron chi connectivity index (χ2n) is 3.26. The lowest BCUT2D eigenvalue weighted by molar-refractivity contribution is -0.139. The van der Waals surface area contributed by atoms with Crippen LogP contribution in [0.4, 0.5) is 0 Å². The Labute approximate surface area is 76.2 Å². The van der Waals surface area contributed by atoms with Gasteiger partial charge in [-0.1, -0.05) is 0 Å². The lowest BCUT2D eigenvalue weighted by Crippen LogP contribution is -2.34. The Morgan fingerprint density at radius 3 is 2.58 bits per heavy atom. The number of rotatable bonds is 5. The molecule has 2 N–H and O–H groups in total. The molecular weight excluding hydrogens is 176 g/mol. The minimum absolute atomic E-state index is 0.0558. The Balaban J connectivity index is 2.52. The number of aliphatic carboxylic acids is 1. The molecule has 0 aromatic carbocycles. The summed E-state index contributed by atoms with van der Waals surface area (Å²) in [4.78, 5) is 10.9. The van der Waals surface area contributed by atoms with Crippen molar-refractivity contribution in [3.05, 3.63) is 0 Å². The van der Waals surface area contributed by atoms with Crippen molar-refractivity contribution in [2.24, 2.45) is 5.92 Å². The predicted molar refractivity (Wildman–Crippen MR) is 48.3 cm³/mol. The van der Waals surface area contributed by atoms with E-state index in [4.69, 9.17) is 10.2 Å². The third-order valence-electron chi connectivity index (χ3n) is 2.27. The number of carboxylic acid groups (broad SMARTS) is 1. The molecule has 3 nitrogen and oxygen atoms in total. The van der Waals surface area contributed by atoms with Crippen LogP contribution in [0.3, 0.4) is 0 Å². The topological polar surface area (TPSA) is 57.5 Å². The molecule has 4 heteroatoms. The monoisotopic (exact) mass is 190 g/mol. The second-order valence-corrected chi connectivity index (χ2v) is 4.80. The van der Waals surface area contributed by atoms with E-state index >= 15 is 0 Å². The molecule has 70 valence electrons. The van der Waals surface area contributed by atoms with E-state index in [2.05, 4.69) is 0 Å². The molecule has 1 saturated carbocycles. The quantitative estimate of drug-likeness (QED) is 0.678. The highest BCUT2D eigenvalue weighted by molar-refractivity contribution is 8.01. The average Bonchev–Trinajstić information content (AvgIpc) is 2.82. The van der Waals surface area contributed by atoms with E-state index in [9.17, 15) is 4.79 Å². The Morgan fingerprint density at radius 1 is 1.67 bits per heavy atom. The van der Waals surface area contributed by atoms with Gasteiger partial charge < -0.3 is 10.2 Å². The molecule has 0 aromatic heterocycles. The molecule has 0 spiro atoms. The Kier molecular flexibility index (Phi) is 3.01. The molecule has 12 heavy (non-hydrogen) atoms. The summed E-state index contributed by atoms with van der Waals surface area (Å²) in [6.45, 7) is 1.81. The molecule has 1 aliphatic rings. The minimum Gasteiger partial charge on any atom is -0.480 e. The SMILES string of the molecule is CC(SCCO)(C(=O)O)C1CC1. The molecule has 0 bridgehead atoms. The molecule has 1 atom stereocenters. The van der Waals surface area contributed by atoms with Crippen LogP contribution in [-0.4, -0.2) is 33.3 Å². The van der Waals surface area contributed by atoms with Crippen molar-refractivity contribution in [3.63, 3.8) is 0 Å². The summed E-state index contributed by atoms with van der Waals surface area (Å²) in [5.41, 5.74) is 0. The van der Waals surface area contributed by atoms with Crippen molar-refractivity contribution in [1.82, 2.24) is 0 Å². The minimum atomic E-state index is -0.747. The number of hydrogen-bond acceptors (Lipinski definition) is 3. The van der Waals surface area contributed by atoms with Gasteiger partial charge in [0.2, 0.25) is 0 Å². The molecule has 1 aliphatic carbocycles. The zero-order valence-electron chi connectivity index (χ0n) is 7.12. The van der Waals surface area contributed by atoms with Gasteiger partial charge in [-0.25, -0.2) is 0 Å². The Hall–Kier alpha value is -0.220. The van der Waals surface area contributed by atoms with E-state index in [1.165, 1.54) is 11.8 Å². The van der Waals surface area contributed by atoms with Crippen LogP contribution in [0, 0.1) is 5.92 Å². The summed E-state index contributed by atoms with van der Waals surface area (Å²) in [5, 5.41) is 17.6. The summed E-state index contributed by atoms with van der Waals surface area (Å²) in [5.74, 6) is 0.0780. The first kappa shape index (κ1) is 9.86. The summed E-state index contributed by atoms with van der Waals surface area (Å²) < 4.78 is -0.664. The molecule has 1 rings (SSSR count). The van der Waals surface area contributed by atoms with E-state index in [-0.39, 0.29) is 6.61 Å². The molecule has 0 saturated heterocycles. The van der Waals surface area contributed by atoms with E-state index in [1.807, 2.05) is 0 Å². The maximum Gasteiger partial charge on any atom is 0.319 e. The number of carbonyl (C=O) groups is 1. The van der Waals surface area contributed by atoms with Crippen molar-refractivity contribution in [1.29, 1.82) is 0 Å². The average molecular weight is 190 g/mol. The van der Waals surface area contributed by atoms with Crippen molar-refractivity contribution in [3.8, 4) is 0 Å². The van der Waals surface area contributed by atoms with Gasteiger partial charge in [-0.3, -0.25) is 4.79 Å². The molecule has 0 amide bonds. The smallest absolute Gasteiger partial charge is 0.319 e. The molecular formula is C8H14O3S. The molecule has 1 unspecified atom stereocenters. The molecule has 0 heterocycles. The van der Waals surface area contributed by atoms with Gasteiger partial charge in [-0.15, -0.1) is 11.8 Å². The zero-order valence-corrected chi connectivity index (χ0v) is 7.93. The summed E-state index contributed by atoms with van der Waals surface area (Å²) in [6, 6.07) is 0. The number of aliphatic hydroxyl groups is 1. The van der Waals surface area contributed by atoms with Gasteiger partial charge >= 0.3 is 5.97 Å². The van der Waals surface area contributed by atoms with Crippen LogP contribution in [0.15, 0.2) is 0 Å². The lowest BCUT2D eigenvalue weighted by atomic mass is 10.1. The van der Waals surface area contributed by atoms with Crippen LogP contribution >= 0.6 is 11.8 Å². The molecule has 0 radical (unpaired) electrons. The molecule has 0 aromatic rings. The highest BCUT2D eigenvalue weighted by Gasteiger charge is 2.47. The normalized spacial score (nSPS) is 21.8. The first-order chi connectivity index (χ1) is 5.61. The summed E-state index contributed by atoms with van der Waals surface area (Å²) in [7, 11) is 0. The van der Waals surface area contributed by atoms with Gasteiger partial charge in [-0.2, -0.15) is 0 Å². The van der Waals surface area contributed by atoms with Crippen molar-refractivity contribution in [2.45, 2.75) is 24.5 Å². The zero-order chi connectivity index (χ0) is 9.19. The molecule has 0 aliphatic heterocycles. The van der Waals surface area contributed by atoms with Gasteiger partial charge in [0.05, 0.1) is 6.61 Å². The first-order valence-corrected chi connectivity index (χ1v) is 5.08. The highest BCUT2D eigenvalue weighted by atomic mass is 32.2. The maximum absolute atomic E-state index is 10.9. The number of carboxylic acids is 1. The number of thioether (sulfide) groups is 1. The van der Waals surface area contributed by atoms with Crippen LogP contribution in [0.2, 0.25) is 0 Å². The van der Waals surface area contributed by atoms with Gasteiger partial charge in [-0.05, 0) is 25.7 Å². The van der Waals surface area contributed by atoms with E-state index in [0.29, 0.717) is 11.7 Å². The Bertz CT molecular complexity index is 179. The van der Waals surface area contributed by atoms with E-state index in [1.54, 1.807) is 6.92 Å². The second kappa shape index (κ2) is 3.66. The van der Waals surface area contributed by atoms with Crippen molar-refractivity contribution in [2.75, 3.05) is 12.4 Å². The van der Waals surface area contributed by atoms with E-state index < -0.39 is 10.7 Å². The van der Waals surface area contributed by atoms with Gasteiger partial charge in [0.1, 0.15) is 4.75 Å². The summed E-state index contributed by atoms with van der Waals surface area (Å²) >= 11 is 1.35. The largest absolute Gasteiger partial charge is 0.480 e.